The van der Waals surface area contributed by atoms with Gasteiger partial charge in [-0.2, -0.15) is 49.1 Å². The zero-order chi connectivity index (χ0) is 26.6. The minimum absolute atomic E-state index is 0.444. The Bertz CT molecular complexity index is 1720. The molecule has 36 heavy (non-hydrogen) atoms. The highest BCUT2D eigenvalue weighted by Gasteiger charge is 2.36. The molecule has 3 aliphatic rings. The van der Waals surface area contributed by atoms with Crippen LogP contribution in [0.2, 0.25) is 0 Å². The fourth-order valence-corrected chi connectivity index (χ4v) is 4.77. The van der Waals surface area contributed by atoms with Crippen LogP contribution in [-0.2, 0) is 0 Å². The first-order valence-electron chi connectivity index (χ1n) is 9.54. The van der Waals surface area contributed by atoms with Gasteiger partial charge in [0.2, 0.25) is 0 Å². The maximum absolute atomic E-state index is 14.6. The number of halogens is 5. The van der Waals surface area contributed by atoms with E-state index in [2.05, 4.69) is 0 Å². The van der Waals surface area contributed by atoms with Crippen LogP contribution in [0.15, 0.2) is 34.7 Å². The number of hydrogen-bond acceptors (Lipinski definition) is 6. The highest BCUT2D eigenvalue weighted by molar-refractivity contribution is 6.07. The summed E-state index contributed by atoms with van der Waals surface area (Å²) in [6, 6.07) is 9.30. The van der Waals surface area contributed by atoms with E-state index in [-0.39, 0.29) is 0 Å². The van der Waals surface area contributed by atoms with Crippen LogP contribution < -0.4 is 31.3 Å². The molecular formula is C25H3F5N6. The number of nitrogens with zero attached hydrogens (tertiary/aromatic N) is 6. The zero-order valence-corrected chi connectivity index (χ0v) is 17.6. The molecule has 3 aliphatic carbocycles. The fourth-order valence-electron chi connectivity index (χ4n) is 4.77. The molecule has 1 aromatic carbocycles. The second-order valence-corrected chi connectivity index (χ2v) is 7.35. The van der Waals surface area contributed by atoms with Gasteiger partial charge >= 0.3 is 0 Å². The van der Waals surface area contributed by atoms with Gasteiger partial charge in [-0.3, -0.25) is 0 Å². The lowest BCUT2D eigenvalue weighted by Gasteiger charge is -1.98. The molecule has 0 bridgehead atoms. The number of nitriles is 6. The monoisotopic (exact) mass is 482 g/mol. The van der Waals surface area contributed by atoms with Crippen LogP contribution in [-0.4, -0.2) is 0 Å². The average molecular weight is 482 g/mol. The molecule has 0 radical (unpaired) electrons. The van der Waals surface area contributed by atoms with Crippen LogP contribution in [0.3, 0.4) is 0 Å². The van der Waals surface area contributed by atoms with Gasteiger partial charge < -0.3 is 0 Å². The number of hydrogen-bond donors (Lipinski definition) is 0. The summed E-state index contributed by atoms with van der Waals surface area (Å²) in [7, 11) is 0. The summed E-state index contributed by atoms with van der Waals surface area (Å²) in [6.07, 6.45) is -4.98. The Balaban J connectivity index is 2.87. The lowest BCUT2D eigenvalue weighted by Crippen LogP contribution is -2.65. The lowest BCUT2D eigenvalue weighted by molar-refractivity contribution is 0.418. The van der Waals surface area contributed by atoms with E-state index in [0.717, 1.165) is 6.92 Å². The molecule has 168 valence electrons. The predicted molar refractivity (Wildman–Crippen MR) is 111 cm³/mol. The summed E-state index contributed by atoms with van der Waals surface area (Å²) < 4.78 is 70.7. The van der Waals surface area contributed by atoms with E-state index < -0.39 is 99.5 Å². The van der Waals surface area contributed by atoms with Crippen LogP contribution in [0.5, 0.6) is 0 Å². The van der Waals surface area contributed by atoms with Crippen LogP contribution in [0.4, 0.5) is 22.0 Å². The molecule has 6 nitrogen and oxygen atoms in total. The Morgan fingerprint density at radius 3 is 0.750 bits per heavy atom. The van der Waals surface area contributed by atoms with Crippen molar-refractivity contribution in [3.05, 3.63) is 66.0 Å². The van der Waals surface area contributed by atoms with Gasteiger partial charge in [0.1, 0.15) is 42.2 Å². The molecule has 0 saturated carbocycles. The lowest BCUT2D eigenvalue weighted by atomic mass is 10.0. The smallest absolute Gasteiger partial charge is 0.211 e. The van der Waals surface area contributed by atoms with Crippen LogP contribution in [0, 0.1) is 68.0 Å². The Hall–Kier alpha value is -5.75. The van der Waals surface area contributed by atoms with Crippen molar-refractivity contribution >= 4 is 33.4 Å². The van der Waals surface area contributed by atoms with Gasteiger partial charge in [-0.05, 0) is 6.92 Å². The van der Waals surface area contributed by atoms with Gasteiger partial charge in [-0.1, -0.05) is 0 Å². The molecule has 0 atom stereocenters. The van der Waals surface area contributed by atoms with Gasteiger partial charge in [0.15, 0.2) is 0 Å². The molecule has 0 aliphatic heterocycles. The van der Waals surface area contributed by atoms with Crippen molar-refractivity contribution < 1.29 is 22.0 Å². The zero-order valence-electron chi connectivity index (χ0n) is 17.6. The first-order valence-corrected chi connectivity index (χ1v) is 9.54. The average Bonchev–Trinajstić information content (AvgIpc) is 3.47. The molecule has 4 rings (SSSR count). The van der Waals surface area contributed by atoms with Crippen molar-refractivity contribution in [3.63, 3.8) is 0 Å². The number of fused-ring (bicyclic) bond motifs is 6. The van der Waals surface area contributed by atoms with Crippen molar-refractivity contribution in [2.75, 3.05) is 0 Å². The van der Waals surface area contributed by atoms with Crippen molar-refractivity contribution in [2.45, 2.75) is 6.92 Å². The molecule has 0 aromatic heterocycles. The van der Waals surface area contributed by atoms with E-state index in [1.807, 2.05) is 0 Å². The van der Waals surface area contributed by atoms with Gasteiger partial charge in [-0.25, -0.2) is 4.39 Å². The molecule has 0 amide bonds. The van der Waals surface area contributed by atoms with Crippen molar-refractivity contribution in [2.24, 2.45) is 0 Å². The number of allylic oxidation sites excluding steroid dienone is 4. The normalized spacial score (nSPS) is 14.8. The molecule has 0 fully saturated rings. The quantitative estimate of drug-likeness (QED) is 0.488. The van der Waals surface area contributed by atoms with Crippen molar-refractivity contribution in [1.29, 1.82) is 31.6 Å². The molecule has 0 heterocycles. The second kappa shape index (κ2) is 7.93. The minimum atomic E-state index is -2.49. The molecule has 11 heteroatoms. The maximum atomic E-state index is 14.6. The fraction of sp³-hybridized carbons (Fsp3) is 0.0400. The van der Waals surface area contributed by atoms with Crippen molar-refractivity contribution in [3.8, 4) is 36.4 Å². The Morgan fingerprint density at radius 1 is 0.417 bits per heavy atom. The third kappa shape index (κ3) is 2.58. The Kier molecular flexibility index (Phi) is 5.16. The number of benzene rings is 1. The van der Waals surface area contributed by atoms with E-state index in [9.17, 15) is 53.5 Å². The van der Waals surface area contributed by atoms with Gasteiger partial charge in [0.25, 0.3) is 12.2 Å². The van der Waals surface area contributed by atoms with Crippen molar-refractivity contribution in [1.82, 2.24) is 0 Å². The summed E-state index contributed by atoms with van der Waals surface area (Å²) in [5.74, 6) is -1.07. The Labute approximate surface area is 196 Å². The highest BCUT2D eigenvalue weighted by Crippen LogP contribution is 2.30. The topological polar surface area (TPSA) is 143 Å². The van der Waals surface area contributed by atoms with E-state index in [1.54, 1.807) is 12.1 Å². The van der Waals surface area contributed by atoms with Gasteiger partial charge in [-0.15, -0.1) is 0 Å². The third-order valence-corrected chi connectivity index (χ3v) is 5.89. The van der Waals surface area contributed by atoms with E-state index in [1.165, 1.54) is 24.3 Å². The largest absolute Gasteiger partial charge is 0.280 e. The van der Waals surface area contributed by atoms with Gasteiger partial charge in [0.05, 0.1) is 44.6 Å². The summed E-state index contributed by atoms with van der Waals surface area (Å²) >= 11 is 0. The Morgan fingerprint density at radius 2 is 0.611 bits per heavy atom. The second-order valence-electron chi connectivity index (χ2n) is 7.35. The van der Waals surface area contributed by atoms with Gasteiger partial charge in [0, 0.05) is 36.9 Å². The molecule has 0 spiro atoms. The first-order chi connectivity index (χ1) is 17.2. The van der Waals surface area contributed by atoms with E-state index >= 15 is 0 Å². The summed E-state index contributed by atoms with van der Waals surface area (Å²) in [4.78, 5) is 0. The molecule has 0 unspecified atom stereocenters. The first kappa shape index (κ1) is 23.4. The van der Waals surface area contributed by atoms with Crippen LogP contribution >= 0.6 is 0 Å². The molecule has 0 N–H and O–H groups in total. The van der Waals surface area contributed by atoms with E-state index in [4.69, 9.17) is 0 Å². The predicted octanol–water partition coefficient (Wildman–Crippen LogP) is 0.318. The van der Waals surface area contributed by atoms with E-state index in [0.29, 0.717) is 0 Å². The summed E-state index contributed by atoms with van der Waals surface area (Å²) in [5, 5.41) is 55.7. The molecular weight excluding hydrogens is 479 g/mol. The molecule has 1 aromatic rings. The SMILES string of the molecule is CC(F)=C1C(C#N)=c2c(c3c(c4c2=C(C#N)C(=C(F)F)C=4C#N)=C(C#N)C(=C(F)F)C=3C#N)=C1C#N. The minimum Gasteiger partial charge on any atom is -0.211 e. The third-order valence-electron chi connectivity index (χ3n) is 5.89. The van der Waals surface area contributed by atoms with Crippen LogP contribution in [0.25, 0.3) is 33.4 Å². The summed E-state index contributed by atoms with van der Waals surface area (Å²) in [5.41, 5.74) is -7.48. The standard InChI is InChI=1S/C25H3F5N6/c1-8(26)15-9(2-31)18-19(10(15)3-32)21-12(5-34)17(25(29)30)14(7-36)23(21)22-13(6-35)16(24(27)28)11(4-33)20(18)22/h1H3. The van der Waals surface area contributed by atoms with Crippen LogP contribution in [0.1, 0.15) is 6.92 Å². The molecule has 0 saturated heterocycles. The highest BCUT2D eigenvalue weighted by atomic mass is 19.3. The summed E-state index contributed by atoms with van der Waals surface area (Å²) in [6.45, 7) is 0.888. The maximum Gasteiger partial charge on any atom is 0.280 e. The number of rotatable bonds is 0.